The number of thiophene rings is 1. The van der Waals surface area contributed by atoms with Gasteiger partial charge in [-0.25, -0.2) is 12.7 Å². The number of hydrogen-bond acceptors (Lipinski definition) is 7. The van der Waals surface area contributed by atoms with Crippen LogP contribution in [0.4, 0.5) is 0 Å². The Morgan fingerprint density at radius 2 is 1.83 bits per heavy atom. The minimum Gasteiger partial charge on any atom is -0.420 e. The Hall–Kier alpha value is -2.56. The minimum atomic E-state index is -3.51. The average Bonchev–Trinajstić information content (AvgIpc) is 3.45. The van der Waals surface area contributed by atoms with Gasteiger partial charge in [0.2, 0.25) is 21.8 Å². The molecule has 0 saturated carbocycles. The predicted molar refractivity (Wildman–Crippen MR) is 113 cm³/mol. The molecule has 158 valence electrons. The molecule has 1 aliphatic heterocycles. The Labute approximate surface area is 179 Å². The number of benzene rings is 1. The SMILES string of the molecule is CN(C)S(=O)(=O)c1ccc(C(=O)N2CCC(c3nnc(-c4ccsc4)o3)CC2)cc1. The van der Waals surface area contributed by atoms with Gasteiger partial charge >= 0.3 is 0 Å². The van der Waals surface area contributed by atoms with Crippen LogP contribution in [0.5, 0.6) is 0 Å². The second-order valence-corrected chi connectivity index (χ2v) is 10.3. The topological polar surface area (TPSA) is 96.6 Å². The fraction of sp³-hybridized carbons (Fsp3) is 0.350. The van der Waals surface area contributed by atoms with Crippen molar-refractivity contribution in [2.45, 2.75) is 23.7 Å². The van der Waals surface area contributed by atoms with Crippen LogP contribution in [0.1, 0.15) is 35.0 Å². The maximum atomic E-state index is 12.8. The van der Waals surface area contributed by atoms with Gasteiger partial charge in [0.25, 0.3) is 5.91 Å². The van der Waals surface area contributed by atoms with E-state index < -0.39 is 10.0 Å². The summed E-state index contributed by atoms with van der Waals surface area (Å²) in [4.78, 5) is 14.8. The number of rotatable bonds is 5. The molecule has 1 aromatic carbocycles. The van der Waals surface area contributed by atoms with E-state index in [-0.39, 0.29) is 16.7 Å². The fourth-order valence-corrected chi connectivity index (χ4v) is 4.93. The molecule has 2 aromatic heterocycles. The lowest BCUT2D eigenvalue weighted by atomic mass is 9.96. The van der Waals surface area contributed by atoms with Crippen molar-refractivity contribution in [3.05, 3.63) is 52.5 Å². The lowest BCUT2D eigenvalue weighted by Crippen LogP contribution is -2.38. The molecule has 1 fully saturated rings. The zero-order chi connectivity index (χ0) is 21.3. The summed E-state index contributed by atoms with van der Waals surface area (Å²) in [5, 5.41) is 12.3. The lowest BCUT2D eigenvalue weighted by molar-refractivity contribution is 0.0706. The van der Waals surface area contributed by atoms with Crippen molar-refractivity contribution >= 4 is 27.3 Å². The van der Waals surface area contributed by atoms with Crippen molar-refractivity contribution in [2.24, 2.45) is 0 Å². The first-order chi connectivity index (χ1) is 14.4. The van der Waals surface area contributed by atoms with E-state index in [9.17, 15) is 13.2 Å². The van der Waals surface area contributed by atoms with Gasteiger partial charge in [-0.05, 0) is 48.6 Å². The third-order valence-electron chi connectivity index (χ3n) is 5.22. The minimum absolute atomic E-state index is 0.105. The van der Waals surface area contributed by atoms with Crippen molar-refractivity contribution in [2.75, 3.05) is 27.2 Å². The molecular formula is C20H22N4O4S2. The highest BCUT2D eigenvalue weighted by Gasteiger charge is 2.28. The summed E-state index contributed by atoms with van der Waals surface area (Å²) in [6.45, 7) is 1.16. The molecule has 0 N–H and O–H groups in total. The predicted octanol–water partition coefficient (Wildman–Crippen LogP) is 3.07. The first-order valence-corrected chi connectivity index (χ1v) is 11.9. The molecule has 1 amide bonds. The van der Waals surface area contributed by atoms with Gasteiger partial charge in [0.15, 0.2) is 0 Å². The van der Waals surface area contributed by atoms with Crippen LogP contribution in [0.2, 0.25) is 0 Å². The third-order valence-corrected chi connectivity index (χ3v) is 7.73. The van der Waals surface area contributed by atoms with Gasteiger partial charge in [0.1, 0.15) is 0 Å². The zero-order valence-corrected chi connectivity index (χ0v) is 18.3. The molecule has 0 bridgehead atoms. The van der Waals surface area contributed by atoms with E-state index in [0.29, 0.717) is 30.4 Å². The van der Waals surface area contributed by atoms with Gasteiger partial charge in [0, 0.05) is 49.6 Å². The standard InChI is InChI=1S/C20H22N4O4S2/c1-23(2)30(26,27)17-5-3-15(4-6-17)20(25)24-10-7-14(8-11-24)18-21-22-19(28-18)16-9-12-29-13-16/h3-6,9,12-14H,7-8,10-11H2,1-2H3. The van der Waals surface area contributed by atoms with Crippen LogP contribution < -0.4 is 0 Å². The number of piperidine rings is 1. The summed E-state index contributed by atoms with van der Waals surface area (Å²) >= 11 is 1.58. The molecule has 0 spiro atoms. The number of aromatic nitrogens is 2. The number of carbonyl (C=O) groups excluding carboxylic acids is 1. The van der Waals surface area contributed by atoms with Gasteiger partial charge in [-0.1, -0.05) is 0 Å². The number of hydrogen-bond donors (Lipinski definition) is 0. The zero-order valence-electron chi connectivity index (χ0n) is 16.7. The molecule has 1 aliphatic rings. The summed E-state index contributed by atoms with van der Waals surface area (Å²) in [7, 11) is -0.556. The number of carbonyl (C=O) groups is 1. The van der Waals surface area contributed by atoms with Crippen molar-refractivity contribution < 1.29 is 17.6 Å². The largest absolute Gasteiger partial charge is 0.420 e. The molecule has 30 heavy (non-hydrogen) atoms. The van der Waals surface area contributed by atoms with Crippen LogP contribution in [-0.2, 0) is 10.0 Å². The van der Waals surface area contributed by atoms with E-state index >= 15 is 0 Å². The highest BCUT2D eigenvalue weighted by atomic mass is 32.2. The van der Waals surface area contributed by atoms with Crippen molar-refractivity contribution in [3.8, 4) is 11.5 Å². The van der Waals surface area contributed by atoms with Crippen LogP contribution in [0.25, 0.3) is 11.5 Å². The van der Waals surface area contributed by atoms with Gasteiger partial charge in [-0.2, -0.15) is 11.3 Å². The Bertz CT molecular complexity index is 1110. The fourth-order valence-electron chi connectivity index (χ4n) is 3.39. The number of sulfonamides is 1. The van der Waals surface area contributed by atoms with Gasteiger partial charge in [-0.15, -0.1) is 10.2 Å². The van der Waals surface area contributed by atoms with E-state index in [4.69, 9.17) is 4.42 Å². The maximum absolute atomic E-state index is 12.8. The molecule has 0 radical (unpaired) electrons. The molecule has 0 unspecified atom stereocenters. The van der Waals surface area contributed by atoms with Crippen LogP contribution >= 0.6 is 11.3 Å². The lowest BCUT2D eigenvalue weighted by Gasteiger charge is -2.30. The number of nitrogens with zero attached hydrogens (tertiary/aromatic N) is 4. The van der Waals surface area contributed by atoms with Crippen molar-refractivity contribution in [1.82, 2.24) is 19.4 Å². The van der Waals surface area contributed by atoms with Crippen LogP contribution in [0.15, 0.2) is 50.4 Å². The van der Waals surface area contributed by atoms with E-state index in [1.807, 2.05) is 16.8 Å². The highest BCUT2D eigenvalue weighted by Crippen LogP contribution is 2.30. The Kier molecular flexibility index (Phi) is 5.72. The van der Waals surface area contributed by atoms with Crippen molar-refractivity contribution in [1.29, 1.82) is 0 Å². The normalized spacial score (nSPS) is 15.6. The summed E-state index contributed by atoms with van der Waals surface area (Å²) in [5.74, 6) is 1.16. The molecule has 3 heterocycles. The summed E-state index contributed by atoms with van der Waals surface area (Å²) in [6, 6.07) is 8.02. The summed E-state index contributed by atoms with van der Waals surface area (Å²) in [5.41, 5.74) is 1.40. The first kappa shape index (κ1) is 20.7. The summed E-state index contributed by atoms with van der Waals surface area (Å²) < 4.78 is 31.3. The molecule has 0 atom stereocenters. The van der Waals surface area contributed by atoms with Crippen molar-refractivity contribution in [3.63, 3.8) is 0 Å². The Morgan fingerprint density at radius 1 is 1.13 bits per heavy atom. The molecule has 1 saturated heterocycles. The average molecular weight is 447 g/mol. The highest BCUT2D eigenvalue weighted by molar-refractivity contribution is 7.89. The molecule has 10 heteroatoms. The summed E-state index contributed by atoms with van der Waals surface area (Å²) in [6.07, 6.45) is 1.48. The van der Waals surface area contributed by atoms with Gasteiger partial charge in [-0.3, -0.25) is 4.79 Å². The van der Waals surface area contributed by atoms with E-state index in [2.05, 4.69) is 10.2 Å². The third kappa shape index (κ3) is 4.03. The molecule has 0 aliphatic carbocycles. The number of amides is 1. The number of likely N-dealkylation sites (tertiary alicyclic amines) is 1. The van der Waals surface area contributed by atoms with Crippen LogP contribution in [0.3, 0.4) is 0 Å². The monoisotopic (exact) mass is 446 g/mol. The van der Waals surface area contributed by atoms with E-state index in [0.717, 1.165) is 22.7 Å². The first-order valence-electron chi connectivity index (χ1n) is 9.54. The van der Waals surface area contributed by atoms with E-state index in [1.54, 1.807) is 28.4 Å². The molecule has 4 rings (SSSR count). The quantitative estimate of drug-likeness (QED) is 0.598. The Balaban J connectivity index is 1.39. The molecule has 8 nitrogen and oxygen atoms in total. The van der Waals surface area contributed by atoms with Crippen LogP contribution in [0, 0.1) is 0 Å². The second-order valence-electron chi connectivity index (χ2n) is 7.34. The molecular weight excluding hydrogens is 424 g/mol. The maximum Gasteiger partial charge on any atom is 0.253 e. The molecule has 3 aromatic rings. The van der Waals surface area contributed by atoms with E-state index in [1.165, 1.54) is 26.2 Å². The Morgan fingerprint density at radius 3 is 2.43 bits per heavy atom. The van der Waals surface area contributed by atoms with Gasteiger partial charge in [0.05, 0.1) is 4.90 Å². The smallest absolute Gasteiger partial charge is 0.253 e. The van der Waals surface area contributed by atoms with Gasteiger partial charge < -0.3 is 9.32 Å². The van der Waals surface area contributed by atoms with Crippen LogP contribution in [-0.4, -0.2) is 60.9 Å². The second kappa shape index (κ2) is 8.29.